The van der Waals surface area contributed by atoms with Crippen molar-refractivity contribution in [1.82, 2.24) is 10.2 Å². The molecule has 1 amide bonds. The van der Waals surface area contributed by atoms with Gasteiger partial charge in [0.25, 0.3) is 0 Å². The summed E-state index contributed by atoms with van der Waals surface area (Å²) in [6, 6.07) is 14.0. The maximum atomic E-state index is 12.9. The number of carbonyl (C=O) groups excluding carboxylic acids is 1. The first-order valence-corrected chi connectivity index (χ1v) is 10.1. The number of nitrogens with zero attached hydrogens (tertiary/aromatic N) is 2. The Bertz CT molecular complexity index is 900. The van der Waals surface area contributed by atoms with Gasteiger partial charge in [-0.1, -0.05) is 47.4 Å². The average Bonchev–Trinajstić information content (AvgIpc) is 3.13. The van der Waals surface area contributed by atoms with E-state index in [1.807, 2.05) is 24.3 Å². The van der Waals surface area contributed by atoms with Crippen LogP contribution in [0, 0.1) is 5.82 Å². The smallest absolute Gasteiger partial charge is 0.226 e. The second-order valence-electron chi connectivity index (χ2n) is 5.69. The Morgan fingerprint density at radius 2 is 2.00 bits per heavy atom. The first-order chi connectivity index (χ1) is 13.1. The first kappa shape index (κ1) is 19.3. The van der Waals surface area contributed by atoms with Crippen molar-refractivity contribution in [3.63, 3.8) is 0 Å². The van der Waals surface area contributed by atoms with Crippen molar-refractivity contribution in [3.8, 4) is 5.75 Å². The number of benzene rings is 2. The van der Waals surface area contributed by atoms with Crippen LogP contribution in [0.4, 0.5) is 9.52 Å². The van der Waals surface area contributed by atoms with Gasteiger partial charge in [-0.15, -0.1) is 10.2 Å². The van der Waals surface area contributed by atoms with Gasteiger partial charge in [0, 0.05) is 12.2 Å². The minimum Gasteiger partial charge on any atom is -0.497 e. The van der Waals surface area contributed by atoms with Crippen molar-refractivity contribution < 1.29 is 13.9 Å². The molecule has 3 rings (SSSR count). The van der Waals surface area contributed by atoms with E-state index in [2.05, 4.69) is 15.5 Å². The van der Waals surface area contributed by atoms with E-state index in [1.165, 1.54) is 35.2 Å². The topological polar surface area (TPSA) is 64.1 Å². The summed E-state index contributed by atoms with van der Waals surface area (Å²) >= 11 is 2.82. The molecule has 0 aliphatic rings. The third-order valence-corrected chi connectivity index (χ3v) is 5.75. The Hall–Kier alpha value is -2.45. The lowest BCUT2D eigenvalue weighted by Crippen LogP contribution is -2.12. The summed E-state index contributed by atoms with van der Waals surface area (Å²) < 4.78 is 18.8. The molecule has 0 atom stereocenters. The number of ether oxygens (including phenoxy) is 1. The molecule has 0 saturated carbocycles. The van der Waals surface area contributed by atoms with Crippen molar-refractivity contribution in [1.29, 1.82) is 0 Å². The molecule has 8 heteroatoms. The molecule has 0 spiro atoms. The molecule has 0 bridgehead atoms. The number of aryl methyl sites for hydroxylation is 1. The molecule has 0 fully saturated rings. The summed E-state index contributed by atoms with van der Waals surface area (Å²) in [6.45, 7) is 0. The number of hydrogen-bond acceptors (Lipinski definition) is 6. The van der Waals surface area contributed by atoms with Gasteiger partial charge in [0.2, 0.25) is 11.0 Å². The Labute approximate surface area is 165 Å². The highest BCUT2D eigenvalue weighted by atomic mass is 32.2. The van der Waals surface area contributed by atoms with Crippen molar-refractivity contribution in [2.45, 2.75) is 22.9 Å². The van der Waals surface area contributed by atoms with Gasteiger partial charge in [-0.2, -0.15) is 0 Å². The highest BCUT2D eigenvalue weighted by molar-refractivity contribution is 8.00. The molecule has 1 N–H and O–H groups in total. The summed E-state index contributed by atoms with van der Waals surface area (Å²) in [5.41, 5.74) is 2.04. The SMILES string of the molecule is COc1cccc(CCC(=O)Nc2nnc(SCc3ccc(F)cc3)s2)c1. The van der Waals surface area contributed by atoms with Crippen molar-refractivity contribution in [3.05, 3.63) is 65.5 Å². The van der Waals surface area contributed by atoms with Gasteiger partial charge in [-0.05, 0) is 41.8 Å². The van der Waals surface area contributed by atoms with Crippen molar-refractivity contribution in [2.75, 3.05) is 12.4 Å². The Kier molecular flexibility index (Phi) is 6.78. The maximum Gasteiger partial charge on any atom is 0.226 e. The largest absolute Gasteiger partial charge is 0.497 e. The summed E-state index contributed by atoms with van der Waals surface area (Å²) in [6.07, 6.45) is 0.971. The molecule has 0 unspecified atom stereocenters. The number of amides is 1. The molecule has 1 aromatic heterocycles. The lowest BCUT2D eigenvalue weighted by molar-refractivity contribution is -0.116. The summed E-state index contributed by atoms with van der Waals surface area (Å²) in [5.74, 6) is 1.08. The average molecular weight is 404 g/mol. The highest BCUT2D eigenvalue weighted by Crippen LogP contribution is 2.28. The zero-order chi connectivity index (χ0) is 19.1. The number of halogens is 1. The van der Waals surface area contributed by atoms with E-state index in [-0.39, 0.29) is 11.7 Å². The van der Waals surface area contributed by atoms with Crippen LogP contribution in [-0.2, 0) is 17.0 Å². The van der Waals surface area contributed by atoms with Crippen LogP contribution >= 0.6 is 23.1 Å². The van der Waals surface area contributed by atoms with Crippen LogP contribution in [0.25, 0.3) is 0 Å². The zero-order valence-corrected chi connectivity index (χ0v) is 16.3. The fourth-order valence-electron chi connectivity index (χ4n) is 2.31. The Morgan fingerprint density at radius 3 is 2.78 bits per heavy atom. The number of methoxy groups -OCH3 is 1. The molecule has 140 valence electrons. The highest BCUT2D eigenvalue weighted by Gasteiger charge is 2.09. The van der Waals surface area contributed by atoms with Gasteiger partial charge in [0.05, 0.1) is 7.11 Å². The molecular weight excluding hydrogens is 385 g/mol. The molecule has 2 aromatic carbocycles. The standard InChI is InChI=1S/C19H18FN3O2S2/c1-25-16-4-2-3-13(11-16)7-10-17(24)21-18-22-23-19(27-18)26-12-14-5-8-15(20)9-6-14/h2-6,8-9,11H,7,10,12H2,1H3,(H,21,22,24). The van der Waals surface area contributed by atoms with Crippen LogP contribution < -0.4 is 10.1 Å². The summed E-state index contributed by atoms with van der Waals surface area (Å²) in [4.78, 5) is 12.1. The zero-order valence-electron chi connectivity index (χ0n) is 14.6. The van der Waals surface area contributed by atoms with Crippen molar-refractivity contribution in [2.24, 2.45) is 0 Å². The predicted octanol–water partition coefficient (Wildman–Crippen LogP) is 4.55. The Morgan fingerprint density at radius 1 is 1.19 bits per heavy atom. The molecule has 0 radical (unpaired) electrons. The predicted molar refractivity (Wildman–Crippen MR) is 106 cm³/mol. The summed E-state index contributed by atoms with van der Waals surface area (Å²) in [5, 5.41) is 11.3. The lowest BCUT2D eigenvalue weighted by atomic mass is 10.1. The van der Waals surface area contributed by atoms with E-state index in [9.17, 15) is 9.18 Å². The van der Waals surface area contributed by atoms with Crippen LogP contribution in [0.15, 0.2) is 52.9 Å². The van der Waals surface area contributed by atoms with Gasteiger partial charge < -0.3 is 10.1 Å². The third-order valence-electron chi connectivity index (χ3n) is 3.70. The van der Waals surface area contributed by atoms with Gasteiger partial charge in [0.15, 0.2) is 4.34 Å². The maximum absolute atomic E-state index is 12.9. The fourth-order valence-corrected chi connectivity index (χ4v) is 4.04. The normalized spacial score (nSPS) is 10.6. The number of anilines is 1. The van der Waals surface area contributed by atoms with E-state index < -0.39 is 0 Å². The third kappa shape index (κ3) is 6.04. The minimum atomic E-state index is -0.251. The second kappa shape index (κ2) is 9.48. The molecule has 27 heavy (non-hydrogen) atoms. The number of aromatic nitrogens is 2. The van der Waals surface area contributed by atoms with E-state index in [0.717, 1.165) is 21.2 Å². The lowest BCUT2D eigenvalue weighted by Gasteiger charge is -2.04. The molecule has 0 aliphatic heterocycles. The van der Waals surface area contributed by atoms with Gasteiger partial charge in [-0.3, -0.25) is 4.79 Å². The second-order valence-corrected chi connectivity index (χ2v) is 7.89. The number of rotatable bonds is 8. The number of carbonyl (C=O) groups is 1. The molecule has 5 nitrogen and oxygen atoms in total. The van der Waals surface area contributed by atoms with Crippen molar-refractivity contribution >= 4 is 34.1 Å². The van der Waals surface area contributed by atoms with Crippen LogP contribution in [-0.4, -0.2) is 23.2 Å². The van der Waals surface area contributed by atoms with Crippen LogP contribution in [0.3, 0.4) is 0 Å². The molecule has 0 aliphatic carbocycles. The van der Waals surface area contributed by atoms with Crippen LogP contribution in [0.1, 0.15) is 17.5 Å². The van der Waals surface area contributed by atoms with E-state index >= 15 is 0 Å². The fraction of sp³-hybridized carbons (Fsp3) is 0.211. The molecule has 1 heterocycles. The van der Waals surface area contributed by atoms with E-state index in [4.69, 9.17) is 4.74 Å². The van der Waals surface area contributed by atoms with E-state index in [0.29, 0.717) is 23.7 Å². The van der Waals surface area contributed by atoms with Crippen LogP contribution in [0.5, 0.6) is 5.75 Å². The molecule has 0 saturated heterocycles. The van der Waals surface area contributed by atoms with Gasteiger partial charge in [0.1, 0.15) is 11.6 Å². The number of hydrogen-bond donors (Lipinski definition) is 1. The number of thioether (sulfide) groups is 1. The van der Waals surface area contributed by atoms with Gasteiger partial charge >= 0.3 is 0 Å². The quantitative estimate of drug-likeness (QED) is 0.442. The Balaban J connectivity index is 1.46. The van der Waals surface area contributed by atoms with Crippen LogP contribution in [0.2, 0.25) is 0 Å². The first-order valence-electron chi connectivity index (χ1n) is 8.26. The summed E-state index contributed by atoms with van der Waals surface area (Å²) in [7, 11) is 1.62. The van der Waals surface area contributed by atoms with E-state index in [1.54, 1.807) is 19.2 Å². The molecule has 3 aromatic rings. The minimum absolute atomic E-state index is 0.107. The van der Waals surface area contributed by atoms with Gasteiger partial charge in [-0.25, -0.2) is 4.39 Å². The molecular formula is C19H18FN3O2S2. The number of nitrogens with one attached hydrogen (secondary N) is 1. The monoisotopic (exact) mass is 403 g/mol.